The molecule has 2 heterocycles. The second kappa shape index (κ2) is 8.66. The van der Waals surface area contributed by atoms with E-state index < -0.39 is 4.92 Å². The lowest BCUT2D eigenvalue weighted by molar-refractivity contribution is -0.384. The molecule has 2 aliphatic heterocycles. The summed E-state index contributed by atoms with van der Waals surface area (Å²) in [6.07, 6.45) is 3.36. The second-order valence-corrected chi connectivity index (χ2v) is 6.75. The number of likely N-dealkylation sites (N-methyl/N-ethyl adjacent to an activating group) is 1. The first kappa shape index (κ1) is 20.1. The van der Waals surface area contributed by atoms with E-state index in [1.54, 1.807) is 37.5 Å². The highest BCUT2D eigenvalue weighted by atomic mass is 16.7. The number of non-ortho nitro benzene ring substituents is 1. The van der Waals surface area contributed by atoms with Crippen LogP contribution < -0.4 is 14.8 Å². The van der Waals surface area contributed by atoms with Crippen LogP contribution in [-0.4, -0.2) is 54.8 Å². The van der Waals surface area contributed by atoms with Gasteiger partial charge in [-0.2, -0.15) is 0 Å². The van der Waals surface area contributed by atoms with Gasteiger partial charge in [0.1, 0.15) is 5.70 Å². The van der Waals surface area contributed by atoms with Crippen molar-refractivity contribution in [2.24, 2.45) is 9.98 Å². The Labute approximate surface area is 177 Å². The van der Waals surface area contributed by atoms with Gasteiger partial charge in [0, 0.05) is 25.4 Å². The molecule has 4 rings (SSSR count). The molecule has 158 valence electrons. The average Bonchev–Trinajstić information content (AvgIpc) is 3.34. The van der Waals surface area contributed by atoms with Gasteiger partial charge < -0.3 is 14.8 Å². The van der Waals surface area contributed by atoms with Crippen molar-refractivity contribution in [3.8, 4) is 11.5 Å². The standard InChI is InChI=1S/C21H19N5O5/c1-25-20(27)17(10-15-4-7-18-19(11-15)31-13-30-18)24-21(25)23-9-8-22-12-14-2-5-16(6-3-14)26(28)29/h2-7,10-12H,8-9,13H2,1H3,(H,23,24)/b17-10-,22-12?. The molecule has 0 bridgehead atoms. The molecule has 0 radical (unpaired) electrons. The number of carbonyl (C=O) groups excluding carboxylic acids is 1. The van der Waals surface area contributed by atoms with Gasteiger partial charge in [0.15, 0.2) is 11.5 Å². The van der Waals surface area contributed by atoms with Gasteiger partial charge in [-0.1, -0.05) is 6.07 Å². The van der Waals surface area contributed by atoms with Crippen molar-refractivity contribution in [3.63, 3.8) is 0 Å². The minimum absolute atomic E-state index is 0.0353. The van der Waals surface area contributed by atoms with Crippen LogP contribution in [0.15, 0.2) is 58.1 Å². The Hall–Kier alpha value is -4.21. The minimum atomic E-state index is -0.446. The Morgan fingerprint density at radius 2 is 1.87 bits per heavy atom. The van der Waals surface area contributed by atoms with Crippen LogP contribution in [-0.2, 0) is 4.79 Å². The predicted molar refractivity (Wildman–Crippen MR) is 114 cm³/mol. The third-order valence-electron chi connectivity index (χ3n) is 4.64. The molecule has 10 heteroatoms. The number of nitro benzene ring substituents is 1. The molecule has 1 saturated heterocycles. The van der Waals surface area contributed by atoms with Crippen LogP contribution in [0.1, 0.15) is 11.1 Å². The highest BCUT2D eigenvalue weighted by Crippen LogP contribution is 2.33. The normalized spacial score (nSPS) is 17.7. The molecule has 2 aliphatic rings. The molecule has 1 amide bonds. The Kier molecular flexibility index (Phi) is 5.61. The number of nitro groups is 1. The smallest absolute Gasteiger partial charge is 0.276 e. The van der Waals surface area contributed by atoms with Crippen LogP contribution in [0, 0.1) is 10.1 Å². The van der Waals surface area contributed by atoms with E-state index in [0.717, 1.165) is 11.1 Å². The van der Waals surface area contributed by atoms with E-state index in [1.807, 2.05) is 12.1 Å². The zero-order valence-electron chi connectivity index (χ0n) is 16.6. The Balaban J connectivity index is 1.35. The van der Waals surface area contributed by atoms with Crippen molar-refractivity contribution in [3.05, 3.63) is 69.4 Å². The topological polar surface area (TPSA) is 119 Å². The molecular weight excluding hydrogens is 402 g/mol. The van der Waals surface area contributed by atoms with E-state index in [4.69, 9.17) is 9.47 Å². The maximum Gasteiger partial charge on any atom is 0.276 e. The average molecular weight is 421 g/mol. The molecule has 2 aromatic carbocycles. The summed E-state index contributed by atoms with van der Waals surface area (Å²) >= 11 is 0. The van der Waals surface area contributed by atoms with Gasteiger partial charge >= 0.3 is 0 Å². The predicted octanol–water partition coefficient (Wildman–Crippen LogP) is 2.20. The SMILES string of the molecule is CN1C(=O)/C(=C/c2ccc3c(c2)OCO3)NC1=NCCN=Cc1ccc([N+](=O)[O-])cc1. The fraction of sp³-hybridized carbons (Fsp3) is 0.190. The minimum Gasteiger partial charge on any atom is -0.454 e. The number of carbonyl (C=O) groups is 1. The number of benzene rings is 2. The van der Waals surface area contributed by atoms with E-state index in [9.17, 15) is 14.9 Å². The number of hydrogen-bond acceptors (Lipinski definition) is 7. The van der Waals surface area contributed by atoms with Crippen LogP contribution >= 0.6 is 0 Å². The van der Waals surface area contributed by atoms with Crippen molar-refractivity contribution >= 4 is 29.8 Å². The Bertz CT molecular complexity index is 1110. The van der Waals surface area contributed by atoms with E-state index in [1.165, 1.54) is 17.0 Å². The van der Waals surface area contributed by atoms with Crippen LogP contribution in [0.25, 0.3) is 6.08 Å². The van der Waals surface area contributed by atoms with Crippen molar-refractivity contribution < 1.29 is 19.2 Å². The lowest BCUT2D eigenvalue weighted by atomic mass is 10.1. The maximum atomic E-state index is 12.5. The lowest BCUT2D eigenvalue weighted by Crippen LogP contribution is -2.28. The Morgan fingerprint density at radius 3 is 2.65 bits per heavy atom. The molecule has 2 aromatic rings. The van der Waals surface area contributed by atoms with Gasteiger partial charge in [-0.05, 0) is 41.5 Å². The highest BCUT2D eigenvalue weighted by Gasteiger charge is 2.28. The van der Waals surface area contributed by atoms with Gasteiger partial charge in [-0.15, -0.1) is 0 Å². The number of hydrogen-bond donors (Lipinski definition) is 1. The number of rotatable bonds is 6. The number of guanidine groups is 1. The van der Waals surface area contributed by atoms with Crippen molar-refractivity contribution in [1.82, 2.24) is 10.2 Å². The first-order valence-electron chi connectivity index (χ1n) is 9.46. The molecule has 0 aromatic heterocycles. The summed E-state index contributed by atoms with van der Waals surface area (Å²) in [7, 11) is 1.65. The second-order valence-electron chi connectivity index (χ2n) is 6.75. The van der Waals surface area contributed by atoms with Crippen LogP contribution in [0.3, 0.4) is 0 Å². The molecule has 0 atom stereocenters. The molecule has 0 saturated carbocycles. The summed E-state index contributed by atoms with van der Waals surface area (Å²) in [6, 6.07) is 11.6. The number of ether oxygens (including phenoxy) is 2. The fourth-order valence-electron chi connectivity index (χ4n) is 3.01. The monoisotopic (exact) mass is 421 g/mol. The number of nitrogens with one attached hydrogen (secondary N) is 1. The number of amides is 1. The fourth-order valence-corrected chi connectivity index (χ4v) is 3.01. The van der Waals surface area contributed by atoms with Crippen LogP contribution in [0.2, 0.25) is 0 Å². The summed E-state index contributed by atoms with van der Waals surface area (Å²) in [6.45, 7) is 0.977. The first-order chi connectivity index (χ1) is 15.0. The lowest BCUT2D eigenvalue weighted by Gasteiger charge is -2.06. The van der Waals surface area contributed by atoms with E-state index in [-0.39, 0.29) is 18.4 Å². The molecule has 31 heavy (non-hydrogen) atoms. The van der Waals surface area contributed by atoms with E-state index >= 15 is 0 Å². The molecule has 0 aliphatic carbocycles. The van der Waals surface area contributed by atoms with Crippen LogP contribution in [0.4, 0.5) is 5.69 Å². The van der Waals surface area contributed by atoms with E-state index in [0.29, 0.717) is 36.2 Å². The summed E-state index contributed by atoms with van der Waals surface area (Å²) < 4.78 is 10.7. The molecule has 1 fully saturated rings. The summed E-state index contributed by atoms with van der Waals surface area (Å²) in [5.74, 6) is 1.59. The van der Waals surface area contributed by atoms with Gasteiger partial charge in [-0.3, -0.25) is 29.8 Å². The Morgan fingerprint density at radius 1 is 1.13 bits per heavy atom. The van der Waals surface area contributed by atoms with Gasteiger partial charge in [0.05, 0.1) is 18.0 Å². The summed E-state index contributed by atoms with van der Waals surface area (Å²) in [5.41, 5.74) is 2.02. The van der Waals surface area contributed by atoms with Crippen molar-refractivity contribution in [2.45, 2.75) is 0 Å². The molecule has 10 nitrogen and oxygen atoms in total. The first-order valence-corrected chi connectivity index (χ1v) is 9.46. The molecule has 0 spiro atoms. The van der Waals surface area contributed by atoms with Gasteiger partial charge in [0.25, 0.3) is 11.6 Å². The highest BCUT2D eigenvalue weighted by molar-refractivity contribution is 6.15. The third-order valence-corrected chi connectivity index (χ3v) is 4.64. The van der Waals surface area contributed by atoms with Gasteiger partial charge in [-0.25, -0.2) is 0 Å². The number of nitrogens with zero attached hydrogens (tertiary/aromatic N) is 4. The molecule has 1 N–H and O–H groups in total. The van der Waals surface area contributed by atoms with E-state index in [2.05, 4.69) is 15.3 Å². The number of aliphatic imine (C=N–C) groups is 2. The zero-order chi connectivity index (χ0) is 21.8. The van der Waals surface area contributed by atoms with Gasteiger partial charge in [0.2, 0.25) is 12.8 Å². The molecular formula is C21H19N5O5. The molecule has 0 unspecified atom stereocenters. The largest absolute Gasteiger partial charge is 0.454 e. The van der Waals surface area contributed by atoms with Crippen molar-refractivity contribution in [1.29, 1.82) is 0 Å². The van der Waals surface area contributed by atoms with Crippen LogP contribution in [0.5, 0.6) is 11.5 Å². The maximum absolute atomic E-state index is 12.5. The number of fused-ring (bicyclic) bond motifs is 1. The van der Waals surface area contributed by atoms with Crippen molar-refractivity contribution in [2.75, 3.05) is 26.9 Å². The summed E-state index contributed by atoms with van der Waals surface area (Å²) in [5, 5.41) is 13.7. The third kappa shape index (κ3) is 4.53. The quantitative estimate of drug-likeness (QED) is 0.251. The zero-order valence-corrected chi connectivity index (χ0v) is 16.6. The summed E-state index contributed by atoms with van der Waals surface area (Å²) in [4.78, 5) is 32.8.